The smallest absolute Gasteiger partial charge is 0.0788 e. The number of hydrogen-bond donors (Lipinski definition) is 0. The van der Waals surface area contributed by atoms with Crippen LogP contribution in [0.3, 0.4) is 0 Å². The molecule has 10 aromatic carbocycles. The SMILES string of the molecule is c1ccc(-c2ccc3ccc4ccc(-c5cccc(-c6ccc7c(c6)nc(-c6ccccc6)c6cc8c9ccccc9n(-c9ccccc9)c8cc67)c5)cc4c3c2)cc1. The summed E-state index contributed by atoms with van der Waals surface area (Å²) in [6, 6.07) is 79.4. The summed E-state index contributed by atoms with van der Waals surface area (Å²) in [6.45, 7) is 0. The molecule has 0 spiro atoms. The van der Waals surface area contributed by atoms with Gasteiger partial charge in [-0.2, -0.15) is 0 Å². The highest BCUT2D eigenvalue weighted by molar-refractivity contribution is 6.20. The van der Waals surface area contributed by atoms with E-state index in [9.17, 15) is 0 Å². The zero-order valence-corrected chi connectivity index (χ0v) is 32.2. The quantitative estimate of drug-likeness (QED) is 0.160. The van der Waals surface area contributed by atoms with Crippen LogP contribution in [0.25, 0.3) is 115 Å². The maximum Gasteiger partial charge on any atom is 0.0788 e. The van der Waals surface area contributed by atoms with Crippen molar-refractivity contribution in [2.45, 2.75) is 0 Å². The summed E-state index contributed by atoms with van der Waals surface area (Å²) in [7, 11) is 0. The highest BCUT2D eigenvalue weighted by Gasteiger charge is 2.18. The Hall–Kier alpha value is -7.81. The number of benzene rings is 10. The number of pyridine rings is 1. The van der Waals surface area contributed by atoms with Gasteiger partial charge in [0.2, 0.25) is 0 Å². The summed E-state index contributed by atoms with van der Waals surface area (Å²) in [6.07, 6.45) is 0. The van der Waals surface area contributed by atoms with Crippen LogP contribution < -0.4 is 0 Å². The number of nitrogens with zero attached hydrogens (tertiary/aromatic N) is 2. The van der Waals surface area contributed by atoms with E-state index in [1.165, 1.54) is 71.0 Å². The van der Waals surface area contributed by atoms with Gasteiger partial charge in [-0.15, -0.1) is 0 Å². The first-order valence-electron chi connectivity index (χ1n) is 20.3. The number of rotatable bonds is 5. The fourth-order valence-electron chi connectivity index (χ4n) is 9.23. The molecule has 0 amide bonds. The van der Waals surface area contributed by atoms with E-state index < -0.39 is 0 Å². The van der Waals surface area contributed by atoms with Gasteiger partial charge in [0.15, 0.2) is 0 Å². The van der Waals surface area contributed by atoms with Crippen LogP contribution in [0, 0.1) is 0 Å². The molecule has 0 radical (unpaired) electrons. The molecule has 12 rings (SSSR count). The lowest BCUT2D eigenvalue weighted by Gasteiger charge is -2.14. The van der Waals surface area contributed by atoms with E-state index in [-0.39, 0.29) is 0 Å². The third-order valence-electron chi connectivity index (χ3n) is 12.1. The Morgan fingerprint density at radius 1 is 0.271 bits per heavy atom. The summed E-state index contributed by atoms with van der Waals surface area (Å²) in [5.74, 6) is 0. The third-order valence-corrected chi connectivity index (χ3v) is 12.1. The second-order valence-corrected chi connectivity index (χ2v) is 15.5. The molecule has 0 unspecified atom stereocenters. The van der Waals surface area contributed by atoms with Gasteiger partial charge >= 0.3 is 0 Å². The molecule has 0 saturated heterocycles. The fraction of sp³-hybridized carbons (Fsp3) is 0. The largest absolute Gasteiger partial charge is 0.309 e. The van der Waals surface area contributed by atoms with Crippen LogP contribution in [0.5, 0.6) is 0 Å². The van der Waals surface area contributed by atoms with Gasteiger partial charge in [0, 0.05) is 32.8 Å². The Labute approximate surface area is 341 Å². The molecule has 2 heterocycles. The number of aromatic nitrogens is 2. The first-order chi connectivity index (χ1) is 29.2. The molecule has 0 aliphatic heterocycles. The van der Waals surface area contributed by atoms with Crippen molar-refractivity contribution in [2.75, 3.05) is 0 Å². The normalized spacial score (nSPS) is 11.7. The molecule has 0 fully saturated rings. The summed E-state index contributed by atoms with van der Waals surface area (Å²) in [4.78, 5) is 5.48. The van der Waals surface area contributed by atoms with Gasteiger partial charge in [0.05, 0.1) is 22.2 Å². The monoisotopic (exact) mass is 748 g/mol. The van der Waals surface area contributed by atoms with Gasteiger partial charge in [-0.1, -0.05) is 164 Å². The van der Waals surface area contributed by atoms with E-state index in [1.807, 2.05) is 0 Å². The summed E-state index contributed by atoms with van der Waals surface area (Å²) in [5, 5.41) is 11.0. The van der Waals surface area contributed by atoms with Gasteiger partial charge in [-0.25, -0.2) is 4.98 Å². The lowest BCUT2D eigenvalue weighted by molar-refractivity contribution is 1.18. The van der Waals surface area contributed by atoms with Crippen molar-refractivity contribution in [3.8, 4) is 50.3 Å². The lowest BCUT2D eigenvalue weighted by atomic mass is 9.93. The van der Waals surface area contributed by atoms with E-state index in [0.29, 0.717) is 0 Å². The number of hydrogen-bond acceptors (Lipinski definition) is 1. The molecular weight excluding hydrogens is 713 g/mol. The van der Waals surface area contributed by atoms with Crippen molar-refractivity contribution in [1.29, 1.82) is 0 Å². The van der Waals surface area contributed by atoms with Gasteiger partial charge in [-0.05, 0) is 115 Å². The first kappa shape index (κ1) is 33.3. The molecule has 0 atom stereocenters. The van der Waals surface area contributed by atoms with E-state index in [0.717, 1.165) is 44.4 Å². The van der Waals surface area contributed by atoms with Crippen molar-refractivity contribution >= 4 is 65.0 Å². The van der Waals surface area contributed by atoms with Gasteiger partial charge in [0.1, 0.15) is 0 Å². The molecule has 0 aliphatic carbocycles. The number of fused-ring (bicyclic) bond motifs is 9. The zero-order valence-electron chi connectivity index (χ0n) is 32.2. The van der Waals surface area contributed by atoms with E-state index in [1.54, 1.807) is 0 Å². The Kier molecular flexibility index (Phi) is 7.57. The number of para-hydroxylation sites is 2. The van der Waals surface area contributed by atoms with E-state index >= 15 is 0 Å². The van der Waals surface area contributed by atoms with E-state index in [4.69, 9.17) is 4.98 Å². The Bertz CT molecular complexity index is 3580. The standard InChI is InChI=1S/C57H36N2/c1-4-13-37(14-5-1)43-27-25-38-23-24-39-26-28-44(33-50(39)49(38)32-43)41-17-12-18-42(31-41)45-29-30-47-51-36-56-52(35-53(51)57(58-54(47)34-45)40-15-6-2-7-16-40)48-21-10-11-22-55(48)59(56)46-19-8-3-9-20-46/h1-36H. The summed E-state index contributed by atoms with van der Waals surface area (Å²) >= 11 is 0. The van der Waals surface area contributed by atoms with Crippen molar-refractivity contribution in [2.24, 2.45) is 0 Å². The van der Waals surface area contributed by atoms with Crippen LogP contribution in [-0.2, 0) is 0 Å². The molecule has 0 saturated carbocycles. The fourth-order valence-corrected chi connectivity index (χ4v) is 9.23. The minimum Gasteiger partial charge on any atom is -0.309 e. The van der Waals surface area contributed by atoms with Crippen LogP contribution >= 0.6 is 0 Å². The molecule has 0 aliphatic rings. The summed E-state index contributed by atoms with van der Waals surface area (Å²) in [5.41, 5.74) is 13.8. The highest BCUT2D eigenvalue weighted by Crippen LogP contribution is 2.41. The minimum atomic E-state index is 0.979. The van der Waals surface area contributed by atoms with Crippen molar-refractivity contribution in [1.82, 2.24) is 9.55 Å². The van der Waals surface area contributed by atoms with Crippen LogP contribution in [0.2, 0.25) is 0 Å². The molecular formula is C57H36N2. The van der Waals surface area contributed by atoms with Crippen molar-refractivity contribution in [3.63, 3.8) is 0 Å². The molecule has 12 aromatic rings. The Morgan fingerprint density at radius 2 is 0.814 bits per heavy atom. The maximum absolute atomic E-state index is 5.48. The third kappa shape index (κ3) is 5.53. The predicted octanol–water partition coefficient (Wildman–Crippen LogP) is 15.5. The topological polar surface area (TPSA) is 17.8 Å². The Morgan fingerprint density at radius 3 is 1.53 bits per heavy atom. The minimum absolute atomic E-state index is 0.979. The Balaban J connectivity index is 1.02. The summed E-state index contributed by atoms with van der Waals surface area (Å²) < 4.78 is 2.40. The average molecular weight is 749 g/mol. The van der Waals surface area contributed by atoms with E-state index in [2.05, 4.69) is 223 Å². The zero-order chi connectivity index (χ0) is 38.9. The molecule has 0 bridgehead atoms. The molecule has 2 aromatic heterocycles. The molecule has 59 heavy (non-hydrogen) atoms. The average Bonchev–Trinajstić information content (AvgIpc) is 3.64. The van der Waals surface area contributed by atoms with Gasteiger partial charge in [0.25, 0.3) is 0 Å². The second kappa shape index (κ2) is 13.4. The lowest BCUT2D eigenvalue weighted by Crippen LogP contribution is -1.94. The second-order valence-electron chi connectivity index (χ2n) is 15.5. The molecule has 274 valence electrons. The first-order valence-corrected chi connectivity index (χ1v) is 20.3. The van der Waals surface area contributed by atoms with Gasteiger partial charge in [-0.3, -0.25) is 0 Å². The van der Waals surface area contributed by atoms with Crippen LogP contribution in [0.15, 0.2) is 218 Å². The van der Waals surface area contributed by atoms with Crippen molar-refractivity contribution < 1.29 is 0 Å². The molecule has 2 heteroatoms. The maximum atomic E-state index is 5.48. The van der Waals surface area contributed by atoms with Crippen molar-refractivity contribution in [3.05, 3.63) is 218 Å². The van der Waals surface area contributed by atoms with Gasteiger partial charge < -0.3 is 4.57 Å². The van der Waals surface area contributed by atoms with Crippen LogP contribution in [0.4, 0.5) is 0 Å². The molecule has 0 N–H and O–H groups in total. The predicted molar refractivity (Wildman–Crippen MR) is 250 cm³/mol. The highest BCUT2D eigenvalue weighted by atomic mass is 15.0. The van der Waals surface area contributed by atoms with Crippen LogP contribution in [-0.4, -0.2) is 9.55 Å². The molecule has 2 nitrogen and oxygen atoms in total. The van der Waals surface area contributed by atoms with Crippen LogP contribution in [0.1, 0.15) is 0 Å².